The molecule has 0 radical (unpaired) electrons. The predicted octanol–water partition coefficient (Wildman–Crippen LogP) is 3.98. The maximum absolute atomic E-state index is 13.1. The van der Waals surface area contributed by atoms with Gasteiger partial charge in [-0.15, -0.1) is 0 Å². The highest BCUT2D eigenvalue weighted by Gasteiger charge is 2.60. The third kappa shape index (κ3) is 3.65. The van der Waals surface area contributed by atoms with Crippen LogP contribution in [0.5, 0.6) is 0 Å². The van der Waals surface area contributed by atoms with Crippen molar-refractivity contribution < 1.29 is 14.4 Å². The van der Waals surface area contributed by atoms with Crippen LogP contribution in [0, 0.1) is 29.6 Å². The molecule has 2 heterocycles. The Kier molecular flexibility index (Phi) is 5.31. The molecule has 4 atom stereocenters. The summed E-state index contributed by atoms with van der Waals surface area (Å²) in [5.74, 6) is 0.231. The summed E-state index contributed by atoms with van der Waals surface area (Å²) >= 11 is 0. The first-order chi connectivity index (χ1) is 16.6. The number of pyridine rings is 1. The summed E-state index contributed by atoms with van der Waals surface area (Å²) in [4.78, 5) is 44.7. The van der Waals surface area contributed by atoms with Crippen molar-refractivity contribution in [1.82, 2.24) is 9.88 Å². The van der Waals surface area contributed by atoms with Crippen LogP contribution >= 0.6 is 0 Å². The number of carbonyl (C=O) groups is 3. The molecular weight excluding hydrogens is 426 g/mol. The molecule has 6 rings (SSSR count). The molecule has 1 N–H and O–H groups in total. The van der Waals surface area contributed by atoms with Crippen molar-refractivity contribution in [2.24, 2.45) is 29.6 Å². The zero-order valence-corrected chi connectivity index (χ0v) is 19.1. The SMILES string of the molecule is O=C(Nc1ccc(Cc2ccncc2)cc1)C1CCC(N2C(=O)[C@@H]3[C@@H](C2=O)[C@H]2C=C[C@H]3C2)CC1. The molecule has 3 fully saturated rings. The summed E-state index contributed by atoms with van der Waals surface area (Å²) in [5, 5.41) is 3.05. The second-order valence-corrected chi connectivity index (χ2v) is 10.3. The Hall–Kier alpha value is -3.28. The van der Waals surface area contributed by atoms with Crippen LogP contribution in [0.25, 0.3) is 0 Å². The molecule has 2 saturated carbocycles. The van der Waals surface area contributed by atoms with E-state index in [2.05, 4.69) is 22.5 Å². The van der Waals surface area contributed by atoms with Crippen LogP contribution in [-0.4, -0.2) is 33.6 Å². The van der Waals surface area contributed by atoms with E-state index < -0.39 is 0 Å². The van der Waals surface area contributed by atoms with Gasteiger partial charge in [-0.05, 0) is 85.8 Å². The average Bonchev–Trinajstić information content (AvgIpc) is 3.55. The quantitative estimate of drug-likeness (QED) is 0.546. The third-order valence-corrected chi connectivity index (χ3v) is 8.32. The minimum absolute atomic E-state index is 0.0264. The van der Waals surface area contributed by atoms with E-state index in [-0.39, 0.29) is 53.4 Å². The van der Waals surface area contributed by atoms with Crippen molar-refractivity contribution >= 4 is 23.4 Å². The number of aromatic nitrogens is 1. The van der Waals surface area contributed by atoms with E-state index in [4.69, 9.17) is 0 Å². The van der Waals surface area contributed by atoms with Crippen molar-refractivity contribution in [2.45, 2.75) is 44.6 Å². The lowest BCUT2D eigenvalue weighted by molar-refractivity contribution is -0.144. The number of rotatable bonds is 5. The van der Waals surface area contributed by atoms with Gasteiger partial charge in [0.2, 0.25) is 17.7 Å². The summed E-state index contributed by atoms with van der Waals surface area (Å²) in [7, 11) is 0. The lowest BCUT2D eigenvalue weighted by Crippen LogP contribution is -2.44. The number of nitrogens with one attached hydrogen (secondary N) is 1. The van der Waals surface area contributed by atoms with Crippen LogP contribution in [0.2, 0.25) is 0 Å². The molecule has 174 valence electrons. The Balaban J connectivity index is 1.03. The molecule has 34 heavy (non-hydrogen) atoms. The number of fused-ring (bicyclic) bond motifs is 5. The van der Waals surface area contributed by atoms with Crippen molar-refractivity contribution in [3.05, 3.63) is 72.1 Å². The molecule has 2 bridgehead atoms. The molecule has 4 aliphatic rings. The Morgan fingerprint density at radius 1 is 0.853 bits per heavy atom. The topological polar surface area (TPSA) is 79.4 Å². The van der Waals surface area contributed by atoms with Gasteiger partial charge in [0, 0.05) is 30.0 Å². The number of hydrogen-bond acceptors (Lipinski definition) is 4. The molecule has 0 spiro atoms. The van der Waals surface area contributed by atoms with Crippen LogP contribution in [0.15, 0.2) is 60.9 Å². The van der Waals surface area contributed by atoms with Crippen LogP contribution in [0.1, 0.15) is 43.2 Å². The maximum atomic E-state index is 13.1. The maximum Gasteiger partial charge on any atom is 0.233 e. The lowest BCUT2D eigenvalue weighted by atomic mass is 9.84. The van der Waals surface area contributed by atoms with E-state index in [0.717, 1.165) is 18.5 Å². The van der Waals surface area contributed by atoms with Gasteiger partial charge in [-0.3, -0.25) is 24.3 Å². The number of imide groups is 1. The summed E-state index contributed by atoms with van der Waals surface area (Å²) in [6.45, 7) is 0. The highest BCUT2D eigenvalue weighted by molar-refractivity contribution is 6.06. The second kappa shape index (κ2) is 8.49. The largest absolute Gasteiger partial charge is 0.326 e. The van der Waals surface area contributed by atoms with Gasteiger partial charge < -0.3 is 5.32 Å². The fraction of sp³-hybridized carbons (Fsp3) is 0.429. The smallest absolute Gasteiger partial charge is 0.233 e. The third-order valence-electron chi connectivity index (χ3n) is 8.32. The molecule has 3 aliphatic carbocycles. The van der Waals surface area contributed by atoms with E-state index in [0.29, 0.717) is 25.7 Å². The molecule has 1 aromatic carbocycles. The van der Waals surface area contributed by atoms with Crippen molar-refractivity contribution in [2.75, 3.05) is 5.32 Å². The van der Waals surface area contributed by atoms with Gasteiger partial charge in [-0.25, -0.2) is 0 Å². The van der Waals surface area contributed by atoms with Gasteiger partial charge in [-0.2, -0.15) is 0 Å². The highest BCUT2D eigenvalue weighted by atomic mass is 16.2. The first-order valence-corrected chi connectivity index (χ1v) is 12.4. The molecule has 6 heteroatoms. The van der Waals surface area contributed by atoms with E-state index in [1.165, 1.54) is 11.1 Å². The van der Waals surface area contributed by atoms with Crippen molar-refractivity contribution in [3.63, 3.8) is 0 Å². The predicted molar refractivity (Wildman–Crippen MR) is 127 cm³/mol. The number of hydrogen-bond donors (Lipinski definition) is 1. The first-order valence-electron chi connectivity index (χ1n) is 12.4. The molecule has 0 unspecified atom stereocenters. The fourth-order valence-corrected chi connectivity index (χ4v) is 6.57. The zero-order valence-electron chi connectivity index (χ0n) is 19.1. The Labute approximate surface area is 199 Å². The number of benzene rings is 1. The normalized spacial score (nSPS) is 31.7. The molecule has 3 amide bonds. The first kappa shape index (κ1) is 21.3. The minimum Gasteiger partial charge on any atom is -0.326 e. The standard InChI is InChI=1S/C28H29N3O3/c32-26(30-22-7-1-17(2-8-22)15-18-11-13-29-14-12-18)19-5-9-23(10-6-19)31-27(33)24-20-3-4-21(16-20)25(24)28(31)34/h1-4,7-8,11-14,19-21,23-25H,5-6,9-10,15-16H2,(H,30,32)/t19?,20-,21-,23?,24-,25-/m0/s1. The summed E-state index contributed by atoms with van der Waals surface area (Å²) < 4.78 is 0. The minimum atomic E-state index is -0.134. The van der Waals surface area contributed by atoms with E-state index in [1.54, 1.807) is 17.3 Å². The van der Waals surface area contributed by atoms with Crippen LogP contribution in [-0.2, 0) is 20.8 Å². The van der Waals surface area contributed by atoms with Crippen LogP contribution in [0.3, 0.4) is 0 Å². The van der Waals surface area contributed by atoms with Crippen LogP contribution < -0.4 is 5.32 Å². The number of amides is 3. The van der Waals surface area contributed by atoms with E-state index >= 15 is 0 Å². The summed E-state index contributed by atoms with van der Waals surface area (Å²) in [6.07, 6.45) is 12.5. The molecule has 1 saturated heterocycles. The monoisotopic (exact) mass is 455 g/mol. The fourth-order valence-electron chi connectivity index (χ4n) is 6.57. The number of carbonyl (C=O) groups excluding carboxylic acids is 3. The van der Waals surface area contributed by atoms with Crippen molar-refractivity contribution in [1.29, 1.82) is 0 Å². The van der Waals surface area contributed by atoms with Crippen molar-refractivity contribution in [3.8, 4) is 0 Å². The lowest BCUT2D eigenvalue weighted by Gasteiger charge is -2.33. The zero-order chi connectivity index (χ0) is 23.2. The summed E-state index contributed by atoms with van der Waals surface area (Å²) in [6, 6.07) is 11.9. The molecule has 6 nitrogen and oxygen atoms in total. The van der Waals surface area contributed by atoms with E-state index in [1.807, 2.05) is 36.4 Å². The number of allylic oxidation sites excluding steroid dienone is 2. The van der Waals surface area contributed by atoms with Gasteiger partial charge in [0.1, 0.15) is 0 Å². The average molecular weight is 456 g/mol. The Morgan fingerprint density at radius 3 is 2.06 bits per heavy atom. The molecule has 2 aromatic rings. The molecule has 1 aromatic heterocycles. The van der Waals surface area contributed by atoms with Gasteiger partial charge in [0.05, 0.1) is 11.8 Å². The summed E-state index contributed by atoms with van der Waals surface area (Å²) in [5.41, 5.74) is 3.18. The Bertz CT molecular complexity index is 1110. The van der Waals surface area contributed by atoms with Crippen LogP contribution in [0.4, 0.5) is 5.69 Å². The van der Waals surface area contributed by atoms with Gasteiger partial charge in [0.15, 0.2) is 0 Å². The number of anilines is 1. The highest BCUT2D eigenvalue weighted by Crippen LogP contribution is 2.53. The second-order valence-electron chi connectivity index (χ2n) is 10.3. The Morgan fingerprint density at radius 2 is 1.44 bits per heavy atom. The molecular formula is C28H29N3O3. The number of nitrogens with zero attached hydrogens (tertiary/aromatic N) is 2. The van der Waals surface area contributed by atoms with Gasteiger partial charge in [-0.1, -0.05) is 24.3 Å². The molecule has 1 aliphatic heterocycles. The van der Waals surface area contributed by atoms with Gasteiger partial charge >= 0.3 is 0 Å². The van der Waals surface area contributed by atoms with Gasteiger partial charge in [0.25, 0.3) is 0 Å². The van der Waals surface area contributed by atoms with E-state index in [9.17, 15) is 14.4 Å². The number of likely N-dealkylation sites (tertiary alicyclic amines) is 1.